The Morgan fingerprint density at radius 2 is 1.34 bits per heavy atom. The summed E-state index contributed by atoms with van der Waals surface area (Å²) in [6.45, 7) is 2.37. The number of hydrogen-bond acceptors (Lipinski definition) is 2. The van der Waals surface area contributed by atoms with E-state index in [2.05, 4.69) is 0 Å². The molecule has 1 heterocycles. The first-order chi connectivity index (χ1) is 18.4. The molecule has 1 N–H and O–H groups in total. The second-order valence-electron chi connectivity index (χ2n) is 9.36. The van der Waals surface area contributed by atoms with E-state index in [1.165, 1.54) is 30.3 Å². The number of epoxide rings is 1. The molecule has 0 bridgehead atoms. The molecule has 1 fully saturated rings. The number of hydrogen-bond donors (Lipinski definition) is 1. The van der Waals surface area contributed by atoms with E-state index in [-0.39, 0.29) is 28.4 Å². The molecule has 1 aliphatic rings. The average Bonchev–Trinajstić information content (AvgIpc) is 3.77. The Morgan fingerprint density at radius 1 is 0.763 bits per heavy atom. The molecule has 0 radical (unpaired) electrons. The van der Waals surface area contributed by atoms with E-state index < -0.39 is 29.4 Å². The highest BCUT2D eigenvalue weighted by Crippen LogP contribution is 2.36. The quantitative estimate of drug-likeness (QED) is 0.144. The molecule has 2 atom stereocenters. The molecule has 6 heteroatoms. The fourth-order valence-electron chi connectivity index (χ4n) is 4.46. The number of benzene rings is 4. The molecule has 2 nitrogen and oxygen atoms in total. The lowest BCUT2D eigenvalue weighted by Gasteiger charge is -2.11. The highest BCUT2D eigenvalue weighted by atomic mass is 19.2. The van der Waals surface area contributed by atoms with Crippen molar-refractivity contribution in [3.63, 3.8) is 0 Å². The molecule has 1 saturated heterocycles. The van der Waals surface area contributed by atoms with Gasteiger partial charge in [-0.1, -0.05) is 98.3 Å². The number of aliphatic hydroxyl groups excluding tert-OH is 1. The van der Waals surface area contributed by atoms with Gasteiger partial charge in [0.25, 0.3) is 0 Å². The van der Waals surface area contributed by atoms with E-state index in [9.17, 15) is 22.7 Å². The van der Waals surface area contributed by atoms with Crippen LogP contribution in [0.5, 0.6) is 0 Å². The number of halogens is 4. The van der Waals surface area contributed by atoms with Gasteiger partial charge in [0.05, 0.1) is 12.7 Å². The van der Waals surface area contributed by atoms with Gasteiger partial charge in [-0.25, -0.2) is 17.6 Å². The molecule has 1 aliphatic heterocycles. The molecule has 0 spiro atoms. The molecule has 4 aromatic carbocycles. The monoisotopic (exact) mass is 518 g/mol. The summed E-state index contributed by atoms with van der Waals surface area (Å²) in [5.41, 5.74) is 3.00. The standard InChI is InChI=1S/C32H26F4O2/c1-2-3-27(37)22-12-10-21(11-13-22)24-15-14-23(29(33)30(24)34)9-6-19-4-7-20(8-5-19)25-16-17-26(28-18-38-28)32(36)31(25)35/h4-17,27-28,37H,2-3,18H2,1H3/b9-6+. The Morgan fingerprint density at radius 3 is 1.95 bits per heavy atom. The third kappa shape index (κ3) is 5.28. The first-order valence-electron chi connectivity index (χ1n) is 12.5. The molecule has 194 valence electrons. The molecular formula is C32H26F4O2. The lowest BCUT2D eigenvalue weighted by molar-refractivity contribution is 0.166. The van der Waals surface area contributed by atoms with Crippen LogP contribution in [0.4, 0.5) is 17.6 Å². The highest BCUT2D eigenvalue weighted by molar-refractivity contribution is 5.74. The zero-order valence-corrected chi connectivity index (χ0v) is 20.7. The summed E-state index contributed by atoms with van der Waals surface area (Å²) in [6.07, 6.45) is 3.59. The Balaban J connectivity index is 1.32. The second-order valence-corrected chi connectivity index (χ2v) is 9.36. The van der Waals surface area contributed by atoms with Gasteiger partial charge in [0.15, 0.2) is 23.3 Å². The van der Waals surface area contributed by atoms with Gasteiger partial charge in [-0.15, -0.1) is 0 Å². The molecule has 5 rings (SSSR count). The molecule has 38 heavy (non-hydrogen) atoms. The van der Waals surface area contributed by atoms with E-state index in [0.717, 1.165) is 12.0 Å². The van der Waals surface area contributed by atoms with E-state index in [1.54, 1.807) is 54.6 Å². The van der Waals surface area contributed by atoms with Crippen LogP contribution in [0.1, 0.15) is 54.2 Å². The molecular weight excluding hydrogens is 492 g/mol. The summed E-state index contributed by atoms with van der Waals surface area (Å²) in [7, 11) is 0. The maximum Gasteiger partial charge on any atom is 0.167 e. The summed E-state index contributed by atoms with van der Waals surface area (Å²) >= 11 is 0. The first-order valence-corrected chi connectivity index (χ1v) is 12.5. The van der Waals surface area contributed by atoms with Gasteiger partial charge >= 0.3 is 0 Å². The minimum Gasteiger partial charge on any atom is -0.388 e. The summed E-state index contributed by atoms with van der Waals surface area (Å²) < 4.78 is 63.8. The summed E-state index contributed by atoms with van der Waals surface area (Å²) in [4.78, 5) is 0. The number of rotatable bonds is 8. The summed E-state index contributed by atoms with van der Waals surface area (Å²) in [5, 5.41) is 10.1. The summed E-state index contributed by atoms with van der Waals surface area (Å²) in [5.74, 6) is -3.75. The van der Waals surface area contributed by atoms with Crippen molar-refractivity contribution in [1.82, 2.24) is 0 Å². The van der Waals surface area contributed by atoms with Crippen molar-refractivity contribution in [1.29, 1.82) is 0 Å². The Bertz CT molecular complexity index is 1470. The van der Waals surface area contributed by atoms with Crippen LogP contribution < -0.4 is 0 Å². The Hall–Kier alpha value is -3.74. The van der Waals surface area contributed by atoms with Crippen LogP contribution in [0, 0.1) is 23.3 Å². The van der Waals surface area contributed by atoms with E-state index >= 15 is 0 Å². The van der Waals surface area contributed by atoms with Crippen LogP contribution in [0.15, 0.2) is 72.8 Å². The van der Waals surface area contributed by atoms with Gasteiger partial charge in [-0.2, -0.15) is 0 Å². The van der Waals surface area contributed by atoms with Crippen LogP contribution in [0.25, 0.3) is 34.4 Å². The van der Waals surface area contributed by atoms with Crippen LogP contribution in [-0.4, -0.2) is 11.7 Å². The van der Waals surface area contributed by atoms with Gasteiger partial charge in [0.2, 0.25) is 0 Å². The molecule has 0 saturated carbocycles. The normalized spacial score (nSPS) is 15.7. The summed E-state index contributed by atoms with van der Waals surface area (Å²) in [6, 6.07) is 19.5. The van der Waals surface area contributed by atoms with Crippen LogP contribution >= 0.6 is 0 Å². The predicted octanol–water partition coefficient (Wildman–Crippen LogP) is 8.65. The van der Waals surface area contributed by atoms with Gasteiger partial charge in [0, 0.05) is 22.3 Å². The minimum absolute atomic E-state index is 0.0799. The average molecular weight is 519 g/mol. The molecule has 2 unspecified atom stereocenters. The third-order valence-corrected chi connectivity index (χ3v) is 6.75. The maximum absolute atomic E-state index is 14.9. The third-order valence-electron chi connectivity index (χ3n) is 6.75. The van der Waals surface area contributed by atoms with Gasteiger partial charge in [-0.05, 0) is 28.7 Å². The van der Waals surface area contributed by atoms with Gasteiger partial charge in [-0.3, -0.25) is 0 Å². The van der Waals surface area contributed by atoms with Gasteiger partial charge < -0.3 is 9.84 Å². The fraction of sp³-hybridized carbons (Fsp3) is 0.188. The van der Waals surface area contributed by atoms with Crippen molar-refractivity contribution in [2.45, 2.75) is 32.0 Å². The molecule has 4 aromatic rings. The zero-order chi connectivity index (χ0) is 26.8. The topological polar surface area (TPSA) is 32.8 Å². The lowest BCUT2D eigenvalue weighted by atomic mass is 9.98. The molecule has 0 aromatic heterocycles. The second kappa shape index (κ2) is 10.9. The van der Waals surface area contributed by atoms with Crippen molar-refractivity contribution in [3.8, 4) is 22.3 Å². The fourth-order valence-corrected chi connectivity index (χ4v) is 4.46. The SMILES string of the molecule is CCCC(O)c1ccc(-c2ccc(/C=C/c3ccc(-c4ccc(C5CO5)c(F)c4F)cc3)c(F)c2F)cc1. The minimum atomic E-state index is -0.970. The Labute approximate surface area is 218 Å². The van der Waals surface area contributed by atoms with Crippen molar-refractivity contribution in [3.05, 3.63) is 118 Å². The number of aliphatic hydroxyl groups is 1. The van der Waals surface area contributed by atoms with E-state index in [1.807, 2.05) is 6.92 Å². The predicted molar refractivity (Wildman–Crippen MR) is 141 cm³/mol. The van der Waals surface area contributed by atoms with Crippen LogP contribution in [-0.2, 0) is 4.74 Å². The Kier molecular flexibility index (Phi) is 7.45. The highest BCUT2D eigenvalue weighted by Gasteiger charge is 2.30. The maximum atomic E-state index is 14.9. The van der Waals surface area contributed by atoms with Crippen molar-refractivity contribution in [2.24, 2.45) is 0 Å². The van der Waals surface area contributed by atoms with E-state index in [0.29, 0.717) is 29.7 Å². The smallest absolute Gasteiger partial charge is 0.167 e. The largest absolute Gasteiger partial charge is 0.388 e. The van der Waals surface area contributed by atoms with Crippen molar-refractivity contribution < 1.29 is 27.4 Å². The van der Waals surface area contributed by atoms with Gasteiger partial charge in [0.1, 0.15) is 6.10 Å². The number of ether oxygens (including phenoxy) is 1. The van der Waals surface area contributed by atoms with E-state index in [4.69, 9.17) is 4.74 Å². The van der Waals surface area contributed by atoms with Crippen molar-refractivity contribution >= 4 is 12.2 Å². The zero-order valence-electron chi connectivity index (χ0n) is 20.7. The van der Waals surface area contributed by atoms with Crippen molar-refractivity contribution in [2.75, 3.05) is 6.61 Å². The molecule has 0 aliphatic carbocycles. The van der Waals surface area contributed by atoms with Crippen LogP contribution in [0.3, 0.4) is 0 Å². The molecule has 0 amide bonds. The first kappa shape index (κ1) is 25.9. The lowest BCUT2D eigenvalue weighted by Crippen LogP contribution is -1.97. The van der Waals surface area contributed by atoms with Crippen LogP contribution in [0.2, 0.25) is 0 Å².